The minimum Gasteiger partial charge on any atom is -0.388 e. The molecule has 2 aliphatic rings. The number of nitrogens with one attached hydrogen (secondary N) is 2. The van der Waals surface area contributed by atoms with E-state index in [2.05, 4.69) is 25.5 Å². The lowest BCUT2D eigenvalue weighted by Crippen LogP contribution is -2.51. The van der Waals surface area contributed by atoms with Gasteiger partial charge in [0.2, 0.25) is 5.95 Å². The van der Waals surface area contributed by atoms with Crippen molar-refractivity contribution < 1.29 is 14.3 Å². The number of carbonyl (C=O) groups excluding carboxylic acids is 1. The summed E-state index contributed by atoms with van der Waals surface area (Å²) in [6.07, 6.45) is 5.25. The number of anilines is 4. The van der Waals surface area contributed by atoms with Crippen molar-refractivity contribution in [3.63, 3.8) is 0 Å². The Hall–Kier alpha value is -3.56. The SMILES string of the molecule is Cc1cc(Nc2ccnc(Nc3ccc(C(=O)N4CCC(O)(CN5CCCC5)CC4)cc3)n2)ccc1F. The van der Waals surface area contributed by atoms with Crippen molar-refractivity contribution in [3.05, 3.63) is 71.7 Å². The summed E-state index contributed by atoms with van der Waals surface area (Å²) in [6.45, 7) is 5.66. The molecule has 1 aromatic heterocycles. The van der Waals surface area contributed by atoms with Crippen LogP contribution in [0.5, 0.6) is 0 Å². The highest BCUT2D eigenvalue weighted by Crippen LogP contribution is 2.26. The Morgan fingerprint density at radius 1 is 1.00 bits per heavy atom. The average molecular weight is 505 g/mol. The van der Waals surface area contributed by atoms with Crippen LogP contribution in [0.2, 0.25) is 0 Å². The Labute approximate surface area is 216 Å². The molecule has 0 atom stereocenters. The summed E-state index contributed by atoms with van der Waals surface area (Å²) in [7, 11) is 0. The maximum atomic E-state index is 13.5. The first-order valence-corrected chi connectivity index (χ1v) is 12.8. The Morgan fingerprint density at radius 2 is 1.70 bits per heavy atom. The first kappa shape index (κ1) is 25.1. The van der Waals surface area contributed by atoms with Crippen molar-refractivity contribution in [2.75, 3.05) is 43.4 Å². The average Bonchev–Trinajstić information content (AvgIpc) is 3.39. The number of β-amino-alcohol motifs (C(OH)–C–C–N with tert-alkyl or cyclic N) is 1. The highest BCUT2D eigenvalue weighted by atomic mass is 19.1. The van der Waals surface area contributed by atoms with E-state index in [0.717, 1.165) is 24.5 Å². The molecule has 9 heteroatoms. The number of halogens is 1. The molecule has 0 aliphatic carbocycles. The second kappa shape index (κ2) is 10.8. The molecule has 2 aromatic carbocycles. The lowest BCUT2D eigenvalue weighted by Gasteiger charge is -2.40. The van der Waals surface area contributed by atoms with Gasteiger partial charge in [0.15, 0.2) is 0 Å². The number of carbonyl (C=O) groups is 1. The zero-order chi connectivity index (χ0) is 25.8. The first-order chi connectivity index (χ1) is 17.9. The fourth-order valence-corrected chi connectivity index (χ4v) is 5.01. The van der Waals surface area contributed by atoms with Crippen LogP contribution in [0.1, 0.15) is 41.6 Å². The molecule has 5 rings (SSSR count). The lowest BCUT2D eigenvalue weighted by molar-refractivity contribution is -0.0367. The number of aromatic nitrogens is 2. The first-order valence-electron chi connectivity index (χ1n) is 12.8. The quantitative estimate of drug-likeness (QED) is 0.437. The van der Waals surface area contributed by atoms with E-state index in [1.54, 1.807) is 43.5 Å². The number of rotatable bonds is 7. The molecule has 0 radical (unpaired) electrons. The molecular formula is C28H33FN6O2. The predicted octanol–water partition coefficient (Wildman–Crippen LogP) is 4.47. The third kappa shape index (κ3) is 6.23. The van der Waals surface area contributed by atoms with E-state index in [1.165, 1.54) is 18.9 Å². The van der Waals surface area contributed by atoms with Gasteiger partial charge < -0.3 is 25.5 Å². The normalized spacial score (nSPS) is 17.5. The van der Waals surface area contributed by atoms with Crippen molar-refractivity contribution in [1.82, 2.24) is 19.8 Å². The monoisotopic (exact) mass is 504 g/mol. The van der Waals surface area contributed by atoms with Crippen molar-refractivity contribution in [3.8, 4) is 0 Å². The molecule has 37 heavy (non-hydrogen) atoms. The molecule has 3 heterocycles. The maximum absolute atomic E-state index is 13.5. The number of piperidine rings is 1. The van der Waals surface area contributed by atoms with Crippen LogP contribution in [-0.4, -0.2) is 69.1 Å². The molecular weight excluding hydrogens is 471 g/mol. The zero-order valence-electron chi connectivity index (χ0n) is 21.1. The number of nitrogens with zero attached hydrogens (tertiary/aromatic N) is 4. The molecule has 0 unspecified atom stereocenters. The van der Waals surface area contributed by atoms with E-state index in [0.29, 0.717) is 55.4 Å². The number of aryl methyl sites for hydroxylation is 1. The van der Waals surface area contributed by atoms with E-state index in [9.17, 15) is 14.3 Å². The topological polar surface area (TPSA) is 93.6 Å². The van der Waals surface area contributed by atoms with Gasteiger partial charge in [-0.05, 0) is 99.8 Å². The minimum absolute atomic E-state index is 0.0215. The fraction of sp³-hybridized carbons (Fsp3) is 0.393. The number of hydrogen-bond donors (Lipinski definition) is 3. The fourth-order valence-electron chi connectivity index (χ4n) is 5.01. The van der Waals surface area contributed by atoms with Gasteiger partial charge in [-0.1, -0.05) is 0 Å². The number of aliphatic hydroxyl groups is 1. The van der Waals surface area contributed by atoms with Gasteiger partial charge in [-0.25, -0.2) is 9.37 Å². The van der Waals surface area contributed by atoms with Crippen LogP contribution in [0.25, 0.3) is 0 Å². The largest absolute Gasteiger partial charge is 0.388 e. The molecule has 2 fully saturated rings. The van der Waals surface area contributed by atoms with Crippen LogP contribution in [-0.2, 0) is 0 Å². The molecule has 0 spiro atoms. The standard InChI is InChI=1S/C28H33FN6O2/c1-20-18-23(8-9-24(20)29)31-25-10-13-30-27(33-25)32-22-6-4-21(5-7-22)26(36)35-16-11-28(37,12-17-35)19-34-14-2-3-15-34/h4-10,13,18,37H,2-3,11-12,14-17,19H2,1H3,(H2,30,31,32,33). The summed E-state index contributed by atoms with van der Waals surface area (Å²) in [5, 5.41) is 17.3. The Bertz CT molecular complexity index is 1240. The molecule has 0 bridgehead atoms. The Balaban J connectivity index is 1.16. The highest BCUT2D eigenvalue weighted by Gasteiger charge is 2.36. The molecule has 3 N–H and O–H groups in total. The van der Waals surface area contributed by atoms with Gasteiger partial charge in [0.1, 0.15) is 11.6 Å². The van der Waals surface area contributed by atoms with Crippen molar-refractivity contribution in [2.45, 2.75) is 38.2 Å². The molecule has 8 nitrogen and oxygen atoms in total. The molecule has 0 saturated carbocycles. The van der Waals surface area contributed by atoms with Gasteiger partial charge in [0, 0.05) is 42.8 Å². The summed E-state index contributed by atoms with van der Waals surface area (Å²) in [4.78, 5) is 25.9. The molecule has 2 aliphatic heterocycles. The van der Waals surface area contributed by atoms with Gasteiger partial charge in [0.25, 0.3) is 5.91 Å². The van der Waals surface area contributed by atoms with Gasteiger partial charge in [0.05, 0.1) is 5.60 Å². The van der Waals surface area contributed by atoms with Gasteiger partial charge in [-0.15, -0.1) is 0 Å². The number of likely N-dealkylation sites (tertiary alicyclic amines) is 2. The van der Waals surface area contributed by atoms with Crippen LogP contribution in [0.4, 0.5) is 27.5 Å². The highest BCUT2D eigenvalue weighted by molar-refractivity contribution is 5.94. The lowest BCUT2D eigenvalue weighted by atomic mass is 9.90. The van der Waals surface area contributed by atoms with E-state index < -0.39 is 5.60 Å². The van der Waals surface area contributed by atoms with E-state index in [4.69, 9.17) is 0 Å². The van der Waals surface area contributed by atoms with Crippen molar-refractivity contribution in [1.29, 1.82) is 0 Å². The summed E-state index contributed by atoms with van der Waals surface area (Å²) in [5.41, 5.74) is 1.95. The number of hydrogen-bond acceptors (Lipinski definition) is 7. The maximum Gasteiger partial charge on any atom is 0.253 e. The summed E-state index contributed by atoms with van der Waals surface area (Å²) in [5.74, 6) is 0.699. The molecule has 194 valence electrons. The van der Waals surface area contributed by atoms with E-state index in [-0.39, 0.29) is 11.7 Å². The van der Waals surface area contributed by atoms with Crippen molar-refractivity contribution >= 4 is 29.0 Å². The van der Waals surface area contributed by atoms with Crippen LogP contribution >= 0.6 is 0 Å². The number of amides is 1. The second-order valence-electron chi connectivity index (χ2n) is 10.1. The van der Waals surface area contributed by atoms with Crippen LogP contribution < -0.4 is 10.6 Å². The van der Waals surface area contributed by atoms with Gasteiger partial charge in [-0.3, -0.25) is 4.79 Å². The summed E-state index contributed by atoms with van der Waals surface area (Å²) >= 11 is 0. The Kier molecular flexibility index (Phi) is 7.34. The van der Waals surface area contributed by atoms with Gasteiger partial charge >= 0.3 is 0 Å². The smallest absolute Gasteiger partial charge is 0.253 e. The second-order valence-corrected chi connectivity index (χ2v) is 10.1. The third-order valence-corrected chi connectivity index (χ3v) is 7.17. The summed E-state index contributed by atoms with van der Waals surface area (Å²) < 4.78 is 13.5. The van der Waals surface area contributed by atoms with Crippen LogP contribution in [0.15, 0.2) is 54.7 Å². The van der Waals surface area contributed by atoms with Crippen molar-refractivity contribution in [2.24, 2.45) is 0 Å². The molecule has 2 saturated heterocycles. The van der Waals surface area contributed by atoms with Crippen LogP contribution in [0, 0.1) is 12.7 Å². The molecule has 3 aromatic rings. The Morgan fingerprint density at radius 3 is 2.41 bits per heavy atom. The van der Waals surface area contributed by atoms with E-state index in [1.807, 2.05) is 17.0 Å². The van der Waals surface area contributed by atoms with E-state index >= 15 is 0 Å². The zero-order valence-corrected chi connectivity index (χ0v) is 21.1. The summed E-state index contributed by atoms with van der Waals surface area (Å²) in [6, 6.07) is 13.8. The minimum atomic E-state index is -0.701. The van der Waals surface area contributed by atoms with Gasteiger partial charge in [-0.2, -0.15) is 4.98 Å². The predicted molar refractivity (Wildman–Crippen MR) is 142 cm³/mol. The molecule has 1 amide bonds. The van der Waals surface area contributed by atoms with Crippen LogP contribution in [0.3, 0.4) is 0 Å². The third-order valence-electron chi connectivity index (χ3n) is 7.17. The number of benzene rings is 2.